The third-order valence-corrected chi connectivity index (χ3v) is 6.99. The average molecular weight is 487 g/mol. The van der Waals surface area contributed by atoms with Crippen LogP contribution in [0.25, 0.3) is 0 Å². The minimum absolute atomic E-state index is 0.0430. The molecule has 5 nitrogen and oxygen atoms in total. The van der Waals surface area contributed by atoms with E-state index in [1.165, 1.54) is 23.6 Å². The van der Waals surface area contributed by atoms with Crippen LogP contribution >= 0.6 is 0 Å². The van der Waals surface area contributed by atoms with E-state index in [4.69, 9.17) is 0 Å². The van der Waals surface area contributed by atoms with Gasteiger partial charge < -0.3 is 9.47 Å². The van der Waals surface area contributed by atoms with E-state index in [9.17, 15) is 35.9 Å². The number of amides is 1. The first-order valence-electron chi connectivity index (χ1n) is 10.8. The Morgan fingerprint density at radius 1 is 0.912 bits per heavy atom. The molecule has 0 N–H and O–H groups in total. The fourth-order valence-electron chi connectivity index (χ4n) is 5.13. The van der Waals surface area contributed by atoms with Crippen LogP contribution in [0.5, 0.6) is 0 Å². The zero-order valence-electron chi connectivity index (χ0n) is 18.6. The highest BCUT2D eigenvalue weighted by Gasteiger charge is 2.48. The van der Waals surface area contributed by atoms with Gasteiger partial charge in [0.1, 0.15) is 0 Å². The van der Waals surface area contributed by atoms with Gasteiger partial charge in [0.2, 0.25) is 0 Å². The molecule has 0 bridgehead atoms. The summed E-state index contributed by atoms with van der Waals surface area (Å²) in [4.78, 5) is 28.4. The lowest BCUT2D eigenvalue weighted by Gasteiger charge is -2.50. The summed E-state index contributed by atoms with van der Waals surface area (Å²) in [5.74, 6) is -2.28. The van der Waals surface area contributed by atoms with Gasteiger partial charge in [-0.25, -0.2) is 0 Å². The lowest BCUT2D eigenvalue weighted by atomic mass is 9.81. The fraction of sp³-hybridized carbons (Fsp3) is 0.478. The van der Waals surface area contributed by atoms with Gasteiger partial charge >= 0.3 is 12.4 Å². The van der Waals surface area contributed by atoms with Gasteiger partial charge in [-0.2, -0.15) is 26.3 Å². The maximum Gasteiger partial charge on any atom is 0.456 e. The molecule has 2 aliphatic rings. The van der Waals surface area contributed by atoms with Crippen molar-refractivity contribution in [2.24, 2.45) is 0 Å². The average Bonchev–Trinajstić information content (AvgIpc) is 3.19. The summed E-state index contributed by atoms with van der Waals surface area (Å²) in [6.45, 7) is 2.53. The predicted octanol–water partition coefficient (Wildman–Crippen LogP) is 4.64. The number of benzene rings is 1. The van der Waals surface area contributed by atoms with Crippen molar-refractivity contribution in [3.63, 3.8) is 0 Å². The SMILES string of the molecule is Cc1cc(C(=O)N2CCC3(CC2)c2ccc(C(=O)C(F)(F)F)n2CCN3C)ccc1C(F)(F)F. The van der Waals surface area contributed by atoms with E-state index >= 15 is 0 Å². The molecule has 11 heteroatoms. The Morgan fingerprint density at radius 2 is 1.56 bits per heavy atom. The van der Waals surface area contributed by atoms with Crippen LogP contribution < -0.4 is 0 Å². The van der Waals surface area contributed by atoms with E-state index in [0.717, 1.165) is 12.1 Å². The van der Waals surface area contributed by atoms with E-state index in [-0.39, 0.29) is 30.8 Å². The number of aromatic nitrogens is 1. The minimum Gasteiger partial charge on any atom is -0.339 e. The number of carbonyl (C=O) groups is 2. The highest BCUT2D eigenvalue weighted by molar-refractivity contribution is 5.99. The van der Waals surface area contributed by atoms with Crippen molar-refractivity contribution in [1.82, 2.24) is 14.4 Å². The second kappa shape index (κ2) is 8.14. The molecule has 4 rings (SSSR count). The monoisotopic (exact) mass is 487 g/mol. The van der Waals surface area contributed by atoms with E-state index in [1.54, 1.807) is 11.0 Å². The first-order valence-corrected chi connectivity index (χ1v) is 10.8. The highest BCUT2D eigenvalue weighted by Crippen LogP contribution is 2.42. The number of halogens is 6. The Morgan fingerprint density at radius 3 is 2.12 bits per heavy atom. The zero-order chi connectivity index (χ0) is 25.1. The van der Waals surface area contributed by atoms with Crippen molar-refractivity contribution in [1.29, 1.82) is 0 Å². The summed E-state index contributed by atoms with van der Waals surface area (Å²) in [7, 11) is 1.86. The molecular formula is C23H23F6N3O2. The van der Waals surface area contributed by atoms with E-state index < -0.39 is 40.8 Å². The maximum atomic E-state index is 13.0. The number of nitrogens with zero attached hydrogens (tertiary/aromatic N) is 3. The number of carbonyl (C=O) groups excluding carboxylic acids is 2. The molecule has 0 saturated carbocycles. The van der Waals surface area contributed by atoms with Gasteiger partial charge in [-0.3, -0.25) is 14.5 Å². The quantitative estimate of drug-likeness (QED) is 0.458. The molecule has 1 amide bonds. The number of ketones is 1. The summed E-state index contributed by atoms with van der Waals surface area (Å²) in [6, 6.07) is 6.03. The number of hydrogen-bond donors (Lipinski definition) is 0. The van der Waals surface area contributed by atoms with Gasteiger partial charge in [0.25, 0.3) is 11.7 Å². The minimum atomic E-state index is -4.97. The summed E-state index contributed by atoms with van der Waals surface area (Å²) in [5, 5.41) is 0. The number of likely N-dealkylation sites (tertiary alicyclic amines) is 1. The molecule has 1 fully saturated rings. The second-order valence-electron chi connectivity index (χ2n) is 8.86. The molecule has 2 aromatic rings. The van der Waals surface area contributed by atoms with Crippen molar-refractivity contribution in [2.45, 2.75) is 44.2 Å². The van der Waals surface area contributed by atoms with Crippen molar-refractivity contribution < 1.29 is 35.9 Å². The smallest absolute Gasteiger partial charge is 0.339 e. The molecule has 0 unspecified atom stereocenters. The molecular weight excluding hydrogens is 464 g/mol. The van der Waals surface area contributed by atoms with Crippen LogP contribution in [0.3, 0.4) is 0 Å². The summed E-state index contributed by atoms with van der Waals surface area (Å²) in [6.07, 6.45) is -8.64. The number of fused-ring (bicyclic) bond motifs is 2. The van der Waals surface area contributed by atoms with Crippen LogP contribution in [0.1, 0.15) is 50.5 Å². The van der Waals surface area contributed by atoms with Gasteiger partial charge in [0.05, 0.1) is 16.8 Å². The zero-order valence-corrected chi connectivity index (χ0v) is 18.6. The van der Waals surface area contributed by atoms with Crippen molar-refractivity contribution in [2.75, 3.05) is 26.7 Å². The summed E-state index contributed by atoms with van der Waals surface area (Å²) in [5.41, 5.74) is -1.12. The first-order chi connectivity index (χ1) is 15.8. The number of aryl methyl sites for hydroxylation is 1. The number of alkyl halides is 6. The topological polar surface area (TPSA) is 45.6 Å². The molecule has 1 aromatic heterocycles. The molecule has 34 heavy (non-hydrogen) atoms. The summed E-state index contributed by atoms with van der Waals surface area (Å²) >= 11 is 0. The largest absolute Gasteiger partial charge is 0.456 e. The Labute approximate surface area is 191 Å². The van der Waals surface area contributed by atoms with Crippen molar-refractivity contribution in [3.05, 3.63) is 58.4 Å². The third-order valence-electron chi connectivity index (χ3n) is 6.99. The van der Waals surface area contributed by atoms with Crippen LogP contribution in [0.15, 0.2) is 30.3 Å². The van der Waals surface area contributed by atoms with Crippen LogP contribution in [0.4, 0.5) is 26.3 Å². The Balaban J connectivity index is 1.56. The first kappa shape index (κ1) is 24.3. The predicted molar refractivity (Wildman–Crippen MR) is 110 cm³/mol. The Hall–Kier alpha value is -2.82. The van der Waals surface area contributed by atoms with Gasteiger partial charge in [0, 0.05) is 37.4 Å². The number of rotatable bonds is 2. The van der Waals surface area contributed by atoms with Crippen LogP contribution in [0, 0.1) is 6.92 Å². The molecule has 0 radical (unpaired) electrons. The van der Waals surface area contributed by atoms with Crippen LogP contribution in [-0.4, -0.2) is 58.9 Å². The molecule has 184 valence electrons. The fourth-order valence-corrected chi connectivity index (χ4v) is 5.13. The second-order valence-corrected chi connectivity index (χ2v) is 8.86. The van der Waals surface area contributed by atoms with Gasteiger partial charge in [-0.1, -0.05) is 0 Å². The molecule has 1 aromatic carbocycles. The number of piperidine rings is 1. The van der Waals surface area contributed by atoms with Crippen LogP contribution in [0.2, 0.25) is 0 Å². The van der Waals surface area contributed by atoms with Crippen molar-refractivity contribution in [3.8, 4) is 0 Å². The Bertz CT molecular complexity index is 1130. The van der Waals surface area contributed by atoms with Gasteiger partial charge in [-0.05, 0) is 62.7 Å². The molecule has 0 aliphatic carbocycles. The molecule has 3 heterocycles. The maximum absolute atomic E-state index is 13.0. The normalized spacial score (nSPS) is 18.8. The Kier molecular flexibility index (Phi) is 5.82. The number of likely N-dealkylation sites (N-methyl/N-ethyl adjacent to an activating group) is 1. The van der Waals surface area contributed by atoms with E-state index in [2.05, 4.69) is 0 Å². The van der Waals surface area contributed by atoms with E-state index in [1.807, 2.05) is 11.9 Å². The standard InChI is InChI=1S/C23H23F6N3O2/c1-14-13-15(3-4-16(14)22(24,25)26)20(34)31-9-7-21(8-10-31)18-6-5-17(19(33)23(27,28)29)32(18)12-11-30(21)2/h3-6,13H,7-12H2,1-2H3. The number of Topliss-reactive ketones (excluding diaryl/α,β-unsaturated/α-hetero) is 1. The van der Waals surface area contributed by atoms with Gasteiger partial charge in [0.15, 0.2) is 0 Å². The third kappa shape index (κ3) is 3.99. The highest BCUT2D eigenvalue weighted by atomic mass is 19.4. The summed E-state index contributed by atoms with van der Waals surface area (Å²) < 4.78 is 79.6. The van der Waals surface area contributed by atoms with E-state index in [0.29, 0.717) is 25.1 Å². The van der Waals surface area contributed by atoms with Gasteiger partial charge in [-0.15, -0.1) is 0 Å². The van der Waals surface area contributed by atoms with Crippen LogP contribution in [-0.2, 0) is 18.3 Å². The van der Waals surface area contributed by atoms with Crippen molar-refractivity contribution >= 4 is 11.7 Å². The number of hydrogen-bond acceptors (Lipinski definition) is 3. The lowest BCUT2D eigenvalue weighted by molar-refractivity contribution is -0.138. The lowest BCUT2D eigenvalue weighted by Crippen LogP contribution is -2.56. The molecule has 1 saturated heterocycles. The molecule has 2 aliphatic heterocycles. The molecule has 0 atom stereocenters. The molecule has 1 spiro atoms.